The third-order valence-electron chi connectivity index (χ3n) is 2.39. The van der Waals surface area contributed by atoms with Gasteiger partial charge in [0, 0.05) is 17.3 Å². The zero-order valence-corrected chi connectivity index (χ0v) is 11.0. The molecule has 2 aromatic rings. The topological polar surface area (TPSA) is 68.0 Å². The third kappa shape index (κ3) is 3.65. The van der Waals surface area contributed by atoms with E-state index in [2.05, 4.69) is 22.1 Å². The molecule has 0 bridgehead atoms. The van der Waals surface area contributed by atoms with E-state index in [1.807, 2.05) is 17.5 Å². The number of aromatic nitrogens is 1. The number of carbonyl (C=O) groups is 1. The molecule has 19 heavy (non-hydrogen) atoms. The predicted octanol–water partition coefficient (Wildman–Crippen LogP) is 1.38. The first-order valence-electron chi connectivity index (χ1n) is 5.75. The van der Waals surface area contributed by atoms with E-state index in [0.717, 1.165) is 4.88 Å². The van der Waals surface area contributed by atoms with Gasteiger partial charge in [-0.25, -0.2) is 0 Å². The number of rotatable bonds is 3. The first kappa shape index (κ1) is 13.3. The number of hydrogen-bond donors (Lipinski definition) is 2. The van der Waals surface area contributed by atoms with Crippen LogP contribution in [0.4, 0.5) is 0 Å². The van der Waals surface area contributed by atoms with Crippen molar-refractivity contribution < 1.29 is 4.79 Å². The lowest BCUT2D eigenvalue weighted by Crippen LogP contribution is -2.23. The standard InChI is InChI=1S/C14H13N3OS/c15-6-1-3-11-9-16-7-5-13(11)14(18)17-10-12-4-2-8-19-12/h2,4-5,7-9H,6,10,15H2,(H,17,18). The number of nitrogens with zero attached hydrogens (tertiary/aromatic N) is 1. The van der Waals surface area contributed by atoms with Crippen LogP contribution in [0.25, 0.3) is 0 Å². The Bertz CT molecular complexity index is 611. The van der Waals surface area contributed by atoms with Gasteiger partial charge >= 0.3 is 0 Å². The molecule has 0 radical (unpaired) electrons. The summed E-state index contributed by atoms with van der Waals surface area (Å²) in [4.78, 5) is 17.2. The average Bonchev–Trinajstić information content (AvgIpc) is 2.96. The minimum atomic E-state index is -0.155. The van der Waals surface area contributed by atoms with Crippen LogP contribution in [0.15, 0.2) is 36.0 Å². The van der Waals surface area contributed by atoms with E-state index in [1.165, 1.54) is 0 Å². The summed E-state index contributed by atoms with van der Waals surface area (Å²) in [6.45, 7) is 0.772. The van der Waals surface area contributed by atoms with Crippen LogP contribution in [0, 0.1) is 11.8 Å². The molecule has 0 fully saturated rings. The van der Waals surface area contributed by atoms with Gasteiger partial charge in [-0.3, -0.25) is 9.78 Å². The number of thiophene rings is 1. The molecule has 0 atom stereocenters. The number of nitrogens with one attached hydrogen (secondary N) is 1. The Hall–Kier alpha value is -2.16. The van der Waals surface area contributed by atoms with Crippen molar-refractivity contribution >= 4 is 17.2 Å². The molecule has 0 saturated heterocycles. The first-order chi connectivity index (χ1) is 9.31. The van der Waals surface area contributed by atoms with Crippen LogP contribution in [-0.2, 0) is 6.54 Å². The molecular formula is C14H13N3OS. The molecule has 0 saturated carbocycles. The fourth-order valence-electron chi connectivity index (χ4n) is 1.51. The fraction of sp³-hybridized carbons (Fsp3) is 0.143. The van der Waals surface area contributed by atoms with Gasteiger partial charge in [0.15, 0.2) is 0 Å². The van der Waals surface area contributed by atoms with E-state index in [4.69, 9.17) is 5.73 Å². The highest BCUT2D eigenvalue weighted by molar-refractivity contribution is 7.09. The van der Waals surface area contributed by atoms with Gasteiger partial charge in [-0.2, -0.15) is 0 Å². The molecule has 0 aliphatic rings. The molecule has 0 aliphatic heterocycles. The largest absolute Gasteiger partial charge is 0.347 e. The molecule has 5 heteroatoms. The lowest BCUT2D eigenvalue weighted by atomic mass is 10.1. The van der Waals surface area contributed by atoms with Crippen LogP contribution in [0.3, 0.4) is 0 Å². The predicted molar refractivity (Wildman–Crippen MR) is 75.7 cm³/mol. The summed E-state index contributed by atoms with van der Waals surface area (Å²) in [5.74, 6) is 5.43. The van der Waals surface area contributed by atoms with Gasteiger partial charge in [-0.15, -0.1) is 11.3 Å². The van der Waals surface area contributed by atoms with Crippen LogP contribution in [-0.4, -0.2) is 17.4 Å². The monoisotopic (exact) mass is 271 g/mol. The molecule has 0 aromatic carbocycles. The van der Waals surface area contributed by atoms with Crippen molar-refractivity contribution in [1.29, 1.82) is 0 Å². The van der Waals surface area contributed by atoms with Crippen molar-refractivity contribution in [1.82, 2.24) is 10.3 Å². The van der Waals surface area contributed by atoms with Crippen LogP contribution in [0.1, 0.15) is 20.8 Å². The summed E-state index contributed by atoms with van der Waals surface area (Å²) in [5, 5.41) is 4.84. The molecule has 4 nitrogen and oxygen atoms in total. The molecule has 3 N–H and O–H groups in total. The van der Waals surface area contributed by atoms with Gasteiger partial charge in [0.1, 0.15) is 0 Å². The van der Waals surface area contributed by atoms with Crippen molar-refractivity contribution in [3.05, 3.63) is 52.0 Å². The summed E-state index contributed by atoms with van der Waals surface area (Å²) < 4.78 is 0. The average molecular weight is 271 g/mol. The summed E-state index contributed by atoms with van der Waals surface area (Å²) in [6, 6.07) is 5.59. The lowest BCUT2D eigenvalue weighted by molar-refractivity contribution is 0.0951. The maximum atomic E-state index is 12.1. The molecule has 0 spiro atoms. The fourth-order valence-corrected chi connectivity index (χ4v) is 2.16. The van der Waals surface area contributed by atoms with Gasteiger partial charge < -0.3 is 11.1 Å². The highest BCUT2D eigenvalue weighted by atomic mass is 32.1. The Balaban J connectivity index is 2.10. The quantitative estimate of drug-likeness (QED) is 0.829. The van der Waals surface area contributed by atoms with E-state index in [1.54, 1.807) is 29.8 Å². The van der Waals surface area contributed by atoms with Crippen molar-refractivity contribution in [3.63, 3.8) is 0 Å². The second-order valence-electron chi connectivity index (χ2n) is 3.69. The normalized spacial score (nSPS) is 9.53. The van der Waals surface area contributed by atoms with Crippen LogP contribution in [0.2, 0.25) is 0 Å². The summed E-state index contributed by atoms with van der Waals surface area (Å²) in [5.41, 5.74) is 6.45. The van der Waals surface area contributed by atoms with Gasteiger partial charge in [-0.05, 0) is 17.5 Å². The minimum Gasteiger partial charge on any atom is -0.347 e. The molecule has 0 unspecified atom stereocenters. The zero-order valence-electron chi connectivity index (χ0n) is 10.2. The van der Waals surface area contributed by atoms with Gasteiger partial charge in [0.05, 0.1) is 24.2 Å². The smallest absolute Gasteiger partial charge is 0.252 e. The number of nitrogens with two attached hydrogens (primary N) is 1. The second-order valence-corrected chi connectivity index (χ2v) is 4.72. The number of hydrogen-bond acceptors (Lipinski definition) is 4. The van der Waals surface area contributed by atoms with E-state index >= 15 is 0 Å². The Labute approximate surface area is 115 Å². The Morgan fingerprint density at radius 1 is 1.47 bits per heavy atom. The van der Waals surface area contributed by atoms with Crippen molar-refractivity contribution in [2.45, 2.75) is 6.54 Å². The highest BCUT2D eigenvalue weighted by Gasteiger charge is 2.09. The van der Waals surface area contributed by atoms with Crippen LogP contribution < -0.4 is 11.1 Å². The zero-order chi connectivity index (χ0) is 13.5. The third-order valence-corrected chi connectivity index (χ3v) is 3.27. The Kier molecular flexibility index (Phi) is 4.67. The Morgan fingerprint density at radius 2 is 2.37 bits per heavy atom. The lowest BCUT2D eigenvalue weighted by Gasteiger charge is -2.05. The van der Waals surface area contributed by atoms with E-state index < -0.39 is 0 Å². The minimum absolute atomic E-state index is 0.155. The summed E-state index contributed by atoms with van der Waals surface area (Å²) in [6.07, 6.45) is 3.15. The summed E-state index contributed by atoms with van der Waals surface area (Å²) >= 11 is 1.61. The van der Waals surface area contributed by atoms with Crippen LogP contribution in [0.5, 0.6) is 0 Å². The van der Waals surface area contributed by atoms with E-state index in [0.29, 0.717) is 17.7 Å². The van der Waals surface area contributed by atoms with Gasteiger partial charge in [0.25, 0.3) is 5.91 Å². The highest BCUT2D eigenvalue weighted by Crippen LogP contribution is 2.09. The number of pyridine rings is 1. The number of amides is 1. The van der Waals surface area contributed by atoms with Crippen molar-refractivity contribution in [3.8, 4) is 11.8 Å². The van der Waals surface area contributed by atoms with Gasteiger partial charge in [0.2, 0.25) is 0 Å². The van der Waals surface area contributed by atoms with E-state index in [-0.39, 0.29) is 12.5 Å². The molecule has 2 heterocycles. The summed E-state index contributed by atoms with van der Waals surface area (Å²) in [7, 11) is 0. The second kappa shape index (κ2) is 6.69. The first-order valence-corrected chi connectivity index (χ1v) is 6.62. The SMILES string of the molecule is NCC#Cc1cnccc1C(=O)NCc1cccs1. The molecule has 0 aliphatic carbocycles. The van der Waals surface area contributed by atoms with Crippen molar-refractivity contribution in [2.75, 3.05) is 6.54 Å². The number of carbonyl (C=O) groups excluding carboxylic acids is 1. The van der Waals surface area contributed by atoms with E-state index in [9.17, 15) is 4.79 Å². The molecule has 2 rings (SSSR count). The molecule has 1 amide bonds. The maximum Gasteiger partial charge on any atom is 0.252 e. The van der Waals surface area contributed by atoms with Crippen molar-refractivity contribution in [2.24, 2.45) is 5.73 Å². The maximum absolute atomic E-state index is 12.1. The Morgan fingerprint density at radius 3 is 3.11 bits per heavy atom. The molecule has 2 aromatic heterocycles. The molecule has 96 valence electrons. The van der Waals surface area contributed by atoms with Gasteiger partial charge in [-0.1, -0.05) is 17.9 Å². The molecular weight excluding hydrogens is 258 g/mol. The van der Waals surface area contributed by atoms with Crippen LogP contribution >= 0.6 is 11.3 Å².